The molecule has 2 rings (SSSR count). The third kappa shape index (κ3) is 5.77. The number of likely N-dealkylation sites (tertiary alicyclic amines) is 1. The van der Waals surface area contributed by atoms with Gasteiger partial charge >= 0.3 is 5.97 Å². The number of aliphatic imine (C=N–C) groups is 1. The molecule has 150 valence electrons. The molecule has 0 radical (unpaired) electrons. The molecule has 1 aliphatic heterocycles. The SMILES string of the molecule is CCNC(=NCC(C)Oc1ccc(OC)cc1)N1CC(C)C(C(=O)OC)C1. The first kappa shape index (κ1) is 20.9. The zero-order valence-electron chi connectivity index (χ0n) is 16.9. The number of hydrogen-bond acceptors (Lipinski definition) is 5. The molecule has 1 aliphatic rings. The Labute approximate surface area is 161 Å². The molecule has 0 spiro atoms. The van der Waals surface area contributed by atoms with Crippen molar-refractivity contribution in [2.24, 2.45) is 16.8 Å². The highest BCUT2D eigenvalue weighted by atomic mass is 16.5. The fourth-order valence-electron chi connectivity index (χ4n) is 3.16. The van der Waals surface area contributed by atoms with Crippen molar-refractivity contribution in [3.8, 4) is 11.5 Å². The number of rotatable bonds is 7. The van der Waals surface area contributed by atoms with Gasteiger partial charge in [0, 0.05) is 19.6 Å². The Balaban J connectivity index is 1.96. The van der Waals surface area contributed by atoms with Gasteiger partial charge in [0.1, 0.15) is 17.6 Å². The fourth-order valence-corrected chi connectivity index (χ4v) is 3.16. The van der Waals surface area contributed by atoms with Crippen molar-refractivity contribution in [3.63, 3.8) is 0 Å². The van der Waals surface area contributed by atoms with Gasteiger partial charge in [0.2, 0.25) is 0 Å². The molecule has 27 heavy (non-hydrogen) atoms. The van der Waals surface area contributed by atoms with E-state index >= 15 is 0 Å². The van der Waals surface area contributed by atoms with Gasteiger partial charge in [0.25, 0.3) is 0 Å². The van der Waals surface area contributed by atoms with E-state index in [-0.39, 0.29) is 23.9 Å². The second-order valence-corrected chi connectivity index (χ2v) is 6.81. The molecular weight excluding hydrogens is 346 g/mol. The Morgan fingerprint density at radius 2 is 1.93 bits per heavy atom. The number of carbonyl (C=O) groups excluding carboxylic acids is 1. The van der Waals surface area contributed by atoms with Gasteiger partial charge in [0.15, 0.2) is 5.96 Å². The monoisotopic (exact) mass is 377 g/mol. The summed E-state index contributed by atoms with van der Waals surface area (Å²) in [6.07, 6.45) is -0.0801. The summed E-state index contributed by atoms with van der Waals surface area (Å²) in [4.78, 5) is 18.8. The highest BCUT2D eigenvalue weighted by molar-refractivity contribution is 5.82. The number of benzene rings is 1. The maximum Gasteiger partial charge on any atom is 0.310 e. The predicted octanol–water partition coefficient (Wildman–Crippen LogP) is 2.17. The molecule has 1 N–H and O–H groups in total. The molecule has 1 heterocycles. The summed E-state index contributed by atoms with van der Waals surface area (Å²) in [5, 5.41) is 3.31. The van der Waals surface area contributed by atoms with E-state index in [1.54, 1.807) is 7.11 Å². The number of methoxy groups -OCH3 is 2. The maximum absolute atomic E-state index is 11.9. The van der Waals surface area contributed by atoms with Gasteiger partial charge in [-0.15, -0.1) is 0 Å². The quantitative estimate of drug-likeness (QED) is 0.446. The minimum atomic E-state index is -0.156. The molecule has 1 aromatic carbocycles. The fraction of sp³-hybridized carbons (Fsp3) is 0.600. The van der Waals surface area contributed by atoms with E-state index in [9.17, 15) is 4.79 Å². The summed E-state index contributed by atoms with van der Waals surface area (Å²) < 4.78 is 16.0. The van der Waals surface area contributed by atoms with Crippen LogP contribution in [-0.2, 0) is 9.53 Å². The standard InChI is InChI=1S/C20H31N3O4/c1-6-21-20(23-12-14(2)18(13-23)19(24)26-5)22-11-15(3)27-17-9-7-16(25-4)8-10-17/h7-10,14-15,18H,6,11-13H2,1-5H3,(H,21,22). The van der Waals surface area contributed by atoms with E-state index in [0.29, 0.717) is 13.1 Å². The van der Waals surface area contributed by atoms with Crippen molar-refractivity contribution in [1.29, 1.82) is 0 Å². The first-order chi connectivity index (χ1) is 13.0. The average Bonchev–Trinajstić information content (AvgIpc) is 3.06. The van der Waals surface area contributed by atoms with Crippen molar-refractivity contribution < 1.29 is 19.0 Å². The van der Waals surface area contributed by atoms with Crippen LogP contribution >= 0.6 is 0 Å². The molecular formula is C20H31N3O4. The van der Waals surface area contributed by atoms with Crippen molar-refractivity contribution >= 4 is 11.9 Å². The van der Waals surface area contributed by atoms with Gasteiger partial charge in [-0.25, -0.2) is 4.99 Å². The van der Waals surface area contributed by atoms with Crippen LogP contribution in [0.25, 0.3) is 0 Å². The second kappa shape index (κ2) is 10.0. The predicted molar refractivity (Wildman–Crippen MR) is 105 cm³/mol. The maximum atomic E-state index is 11.9. The normalized spacial score (nSPS) is 20.9. The van der Waals surface area contributed by atoms with E-state index in [1.807, 2.05) is 38.1 Å². The number of nitrogens with one attached hydrogen (secondary N) is 1. The van der Waals surface area contributed by atoms with Gasteiger partial charge in [-0.1, -0.05) is 6.92 Å². The van der Waals surface area contributed by atoms with E-state index in [0.717, 1.165) is 30.5 Å². The molecule has 0 bridgehead atoms. The van der Waals surface area contributed by atoms with Crippen molar-refractivity contribution in [2.75, 3.05) is 40.4 Å². The summed E-state index contributed by atoms with van der Waals surface area (Å²) in [6, 6.07) is 7.50. The van der Waals surface area contributed by atoms with E-state index in [4.69, 9.17) is 19.2 Å². The molecule has 7 nitrogen and oxygen atoms in total. The number of carbonyl (C=O) groups is 1. The van der Waals surface area contributed by atoms with Crippen LogP contribution in [0.1, 0.15) is 20.8 Å². The first-order valence-corrected chi connectivity index (χ1v) is 9.40. The van der Waals surface area contributed by atoms with Crippen LogP contribution in [0.2, 0.25) is 0 Å². The minimum absolute atomic E-state index is 0.0801. The number of esters is 1. The Hall–Kier alpha value is -2.44. The van der Waals surface area contributed by atoms with Gasteiger partial charge in [0.05, 0.1) is 26.7 Å². The van der Waals surface area contributed by atoms with Crippen LogP contribution in [0.15, 0.2) is 29.3 Å². The third-order valence-electron chi connectivity index (χ3n) is 4.65. The number of hydrogen-bond donors (Lipinski definition) is 1. The highest BCUT2D eigenvalue weighted by Crippen LogP contribution is 2.24. The topological polar surface area (TPSA) is 72.4 Å². The Bertz CT molecular complexity index is 633. The molecule has 0 amide bonds. The van der Waals surface area contributed by atoms with Gasteiger partial charge < -0.3 is 24.4 Å². The lowest BCUT2D eigenvalue weighted by Gasteiger charge is -2.22. The Kier molecular flexibility index (Phi) is 7.76. The van der Waals surface area contributed by atoms with E-state index in [1.165, 1.54) is 7.11 Å². The van der Waals surface area contributed by atoms with E-state index in [2.05, 4.69) is 17.1 Å². The second-order valence-electron chi connectivity index (χ2n) is 6.81. The van der Waals surface area contributed by atoms with Gasteiger partial charge in [-0.2, -0.15) is 0 Å². The Morgan fingerprint density at radius 3 is 2.52 bits per heavy atom. The van der Waals surface area contributed by atoms with Crippen LogP contribution in [0.3, 0.4) is 0 Å². The zero-order chi connectivity index (χ0) is 19.8. The molecule has 1 aromatic rings. The van der Waals surface area contributed by atoms with Gasteiger partial charge in [-0.3, -0.25) is 4.79 Å². The molecule has 3 atom stereocenters. The highest BCUT2D eigenvalue weighted by Gasteiger charge is 2.36. The summed E-state index contributed by atoms with van der Waals surface area (Å²) in [6.45, 7) is 8.76. The largest absolute Gasteiger partial charge is 0.497 e. The molecule has 0 aromatic heterocycles. The summed E-state index contributed by atoms with van der Waals surface area (Å²) in [5.74, 6) is 2.34. The van der Waals surface area contributed by atoms with Crippen molar-refractivity contribution in [1.82, 2.24) is 10.2 Å². The third-order valence-corrected chi connectivity index (χ3v) is 4.65. The van der Waals surface area contributed by atoms with Crippen LogP contribution in [-0.4, -0.2) is 63.3 Å². The molecule has 1 fully saturated rings. The molecule has 1 saturated heterocycles. The number of guanidine groups is 1. The minimum Gasteiger partial charge on any atom is -0.497 e. The average molecular weight is 377 g/mol. The molecule has 7 heteroatoms. The molecule has 0 saturated carbocycles. The van der Waals surface area contributed by atoms with Crippen LogP contribution in [0.4, 0.5) is 0 Å². The lowest BCUT2D eigenvalue weighted by molar-refractivity contribution is -0.145. The smallest absolute Gasteiger partial charge is 0.310 e. The molecule has 3 unspecified atom stereocenters. The van der Waals surface area contributed by atoms with Crippen molar-refractivity contribution in [3.05, 3.63) is 24.3 Å². The number of nitrogens with zero attached hydrogens (tertiary/aromatic N) is 2. The summed E-state index contributed by atoms with van der Waals surface area (Å²) in [5.41, 5.74) is 0. The van der Waals surface area contributed by atoms with Gasteiger partial charge in [-0.05, 0) is 44.0 Å². The van der Waals surface area contributed by atoms with Crippen LogP contribution < -0.4 is 14.8 Å². The van der Waals surface area contributed by atoms with E-state index < -0.39 is 0 Å². The Morgan fingerprint density at radius 1 is 1.26 bits per heavy atom. The van der Waals surface area contributed by atoms with Crippen LogP contribution in [0, 0.1) is 11.8 Å². The lowest BCUT2D eigenvalue weighted by Crippen LogP contribution is -2.41. The summed E-state index contributed by atoms with van der Waals surface area (Å²) >= 11 is 0. The van der Waals surface area contributed by atoms with Crippen LogP contribution in [0.5, 0.6) is 11.5 Å². The number of ether oxygens (including phenoxy) is 3. The summed E-state index contributed by atoms with van der Waals surface area (Å²) in [7, 11) is 3.08. The molecule has 0 aliphatic carbocycles. The van der Waals surface area contributed by atoms with Crippen molar-refractivity contribution in [2.45, 2.75) is 26.9 Å². The first-order valence-electron chi connectivity index (χ1n) is 9.40. The zero-order valence-corrected chi connectivity index (χ0v) is 16.9. The lowest BCUT2D eigenvalue weighted by atomic mass is 9.99.